The molecule has 5 heteroatoms. The minimum Gasteiger partial charge on any atom is -0.481 e. The summed E-state index contributed by atoms with van der Waals surface area (Å²) in [4.78, 5) is 24.3. The van der Waals surface area contributed by atoms with Crippen LogP contribution >= 0.6 is 0 Å². The van der Waals surface area contributed by atoms with Gasteiger partial charge in [0.25, 0.3) is 0 Å². The first kappa shape index (κ1) is 16.7. The molecule has 0 saturated heterocycles. The first-order valence-electron chi connectivity index (χ1n) is 6.79. The van der Waals surface area contributed by atoms with Gasteiger partial charge in [-0.15, -0.1) is 0 Å². The van der Waals surface area contributed by atoms with Crippen molar-refractivity contribution in [1.29, 1.82) is 0 Å². The Balaban J connectivity index is 4.14. The molecule has 0 heterocycles. The van der Waals surface area contributed by atoms with Gasteiger partial charge in [-0.25, -0.2) is 4.79 Å². The maximum Gasteiger partial charge on any atom is 0.317 e. The van der Waals surface area contributed by atoms with Crippen LogP contribution < -0.4 is 5.32 Å². The van der Waals surface area contributed by atoms with Crippen LogP contribution in [0.5, 0.6) is 0 Å². The number of nitrogens with zero attached hydrogens (tertiary/aromatic N) is 1. The molecule has 0 aromatic rings. The van der Waals surface area contributed by atoms with Gasteiger partial charge in [-0.1, -0.05) is 27.2 Å². The second-order valence-corrected chi connectivity index (χ2v) is 4.55. The van der Waals surface area contributed by atoms with Crippen molar-refractivity contribution >= 4 is 12.0 Å². The number of amides is 2. The standard InChI is InChI=1S/C13H26N2O3/c1-4-7-15(8-5-2)13(18)14-10-11(6-3)9-12(16)17/h11H,4-10H2,1-3H3,(H,14,18)(H,16,17). The molecule has 0 aliphatic carbocycles. The highest BCUT2D eigenvalue weighted by molar-refractivity contribution is 5.74. The molecule has 5 nitrogen and oxygen atoms in total. The predicted molar refractivity (Wildman–Crippen MR) is 71.6 cm³/mol. The van der Waals surface area contributed by atoms with Gasteiger partial charge in [0.15, 0.2) is 0 Å². The van der Waals surface area contributed by atoms with Gasteiger partial charge in [-0.3, -0.25) is 4.79 Å². The largest absolute Gasteiger partial charge is 0.481 e. The SMILES string of the molecule is CCCN(CCC)C(=O)NCC(CC)CC(=O)O. The summed E-state index contributed by atoms with van der Waals surface area (Å²) in [7, 11) is 0. The molecule has 2 N–H and O–H groups in total. The van der Waals surface area contributed by atoms with Gasteiger partial charge < -0.3 is 15.3 Å². The molecule has 0 aliphatic heterocycles. The van der Waals surface area contributed by atoms with Gasteiger partial charge in [0.1, 0.15) is 0 Å². The number of rotatable bonds is 9. The summed E-state index contributed by atoms with van der Waals surface area (Å²) >= 11 is 0. The number of nitrogens with one attached hydrogen (secondary N) is 1. The van der Waals surface area contributed by atoms with Crippen molar-refractivity contribution < 1.29 is 14.7 Å². The number of hydrogen-bond acceptors (Lipinski definition) is 2. The summed E-state index contributed by atoms with van der Waals surface area (Å²) < 4.78 is 0. The van der Waals surface area contributed by atoms with Crippen molar-refractivity contribution in [3.05, 3.63) is 0 Å². The van der Waals surface area contributed by atoms with Crippen molar-refractivity contribution in [2.75, 3.05) is 19.6 Å². The maximum absolute atomic E-state index is 11.9. The van der Waals surface area contributed by atoms with E-state index < -0.39 is 5.97 Å². The Bertz CT molecular complexity index is 251. The summed E-state index contributed by atoms with van der Waals surface area (Å²) in [6, 6.07) is -0.0810. The fraction of sp³-hybridized carbons (Fsp3) is 0.846. The van der Waals surface area contributed by atoms with Crippen molar-refractivity contribution in [3.63, 3.8) is 0 Å². The Morgan fingerprint density at radius 1 is 1.17 bits per heavy atom. The molecule has 0 rings (SSSR count). The third kappa shape index (κ3) is 7.14. The highest BCUT2D eigenvalue weighted by atomic mass is 16.4. The van der Waals surface area contributed by atoms with Crippen LogP contribution in [0.3, 0.4) is 0 Å². The van der Waals surface area contributed by atoms with Crippen LogP contribution in [0.2, 0.25) is 0 Å². The lowest BCUT2D eigenvalue weighted by Gasteiger charge is -2.23. The Morgan fingerprint density at radius 3 is 2.11 bits per heavy atom. The molecule has 1 unspecified atom stereocenters. The third-order valence-electron chi connectivity index (χ3n) is 2.86. The van der Waals surface area contributed by atoms with Crippen molar-refractivity contribution in [2.24, 2.45) is 5.92 Å². The van der Waals surface area contributed by atoms with Gasteiger partial charge in [0, 0.05) is 26.1 Å². The number of carbonyl (C=O) groups is 2. The third-order valence-corrected chi connectivity index (χ3v) is 2.86. The molecule has 0 aliphatic rings. The Kier molecular flexibility index (Phi) is 9.06. The smallest absolute Gasteiger partial charge is 0.317 e. The summed E-state index contributed by atoms with van der Waals surface area (Å²) in [5.74, 6) is -0.799. The van der Waals surface area contributed by atoms with E-state index in [2.05, 4.69) is 5.32 Å². The van der Waals surface area contributed by atoms with Crippen molar-refractivity contribution in [2.45, 2.75) is 46.5 Å². The van der Waals surface area contributed by atoms with Crippen LogP contribution in [0, 0.1) is 5.92 Å². The number of hydrogen-bond donors (Lipinski definition) is 2. The lowest BCUT2D eigenvalue weighted by atomic mass is 10.0. The molecule has 0 aromatic carbocycles. The van der Waals surface area contributed by atoms with E-state index in [-0.39, 0.29) is 18.4 Å². The molecule has 18 heavy (non-hydrogen) atoms. The van der Waals surface area contributed by atoms with Crippen LogP contribution in [0.1, 0.15) is 46.5 Å². The summed E-state index contributed by atoms with van der Waals surface area (Å²) in [5, 5.41) is 11.6. The van der Waals surface area contributed by atoms with E-state index in [4.69, 9.17) is 5.11 Å². The first-order chi connectivity index (χ1) is 8.54. The normalized spacial score (nSPS) is 11.9. The van der Waals surface area contributed by atoms with E-state index in [1.165, 1.54) is 0 Å². The first-order valence-corrected chi connectivity index (χ1v) is 6.79. The van der Waals surface area contributed by atoms with E-state index in [0.29, 0.717) is 6.54 Å². The molecule has 0 aromatic heterocycles. The number of carbonyl (C=O) groups excluding carboxylic acids is 1. The van der Waals surface area contributed by atoms with E-state index in [1.807, 2.05) is 20.8 Å². The minimum absolute atomic E-state index is 0.0107. The molecule has 0 fully saturated rings. The zero-order valence-electron chi connectivity index (χ0n) is 11.7. The van der Waals surface area contributed by atoms with Crippen LogP contribution in [0.25, 0.3) is 0 Å². The number of carboxylic acid groups (broad SMARTS) is 1. The van der Waals surface area contributed by atoms with E-state index in [0.717, 1.165) is 32.4 Å². The van der Waals surface area contributed by atoms with Gasteiger partial charge in [0.2, 0.25) is 0 Å². The molecule has 0 radical (unpaired) electrons. The van der Waals surface area contributed by atoms with Crippen molar-refractivity contribution in [3.8, 4) is 0 Å². The Hall–Kier alpha value is -1.26. The summed E-state index contributed by atoms with van der Waals surface area (Å²) in [6.07, 6.45) is 2.73. The van der Waals surface area contributed by atoms with Gasteiger partial charge in [-0.05, 0) is 18.8 Å². The Morgan fingerprint density at radius 2 is 1.72 bits per heavy atom. The number of urea groups is 1. The van der Waals surface area contributed by atoms with Gasteiger partial charge in [-0.2, -0.15) is 0 Å². The van der Waals surface area contributed by atoms with Crippen LogP contribution in [0.4, 0.5) is 4.79 Å². The highest BCUT2D eigenvalue weighted by Gasteiger charge is 2.15. The predicted octanol–water partition coefficient (Wildman–Crippen LogP) is 2.32. The molecule has 0 spiro atoms. The fourth-order valence-electron chi connectivity index (χ4n) is 1.81. The van der Waals surface area contributed by atoms with Crippen LogP contribution in [-0.4, -0.2) is 41.6 Å². The molecular weight excluding hydrogens is 232 g/mol. The summed E-state index contributed by atoms with van der Waals surface area (Å²) in [5.41, 5.74) is 0. The lowest BCUT2D eigenvalue weighted by Crippen LogP contribution is -2.42. The van der Waals surface area contributed by atoms with Crippen molar-refractivity contribution in [1.82, 2.24) is 10.2 Å². The van der Waals surface area contributed by atoms with E-state index >= 15 is 0 Å². The highest BCUT2D eigenvalue weighted by Crippen LogP contribution is 2.07. The number of carboxylic acids is 1. The topological polar surface area (TPSA) is 69.6 Å². The quantitative estimate of drug-likeness (QED) is 0.667. The summed E-state index contributed by atoms with van der Waals surface area (Å²) in [6.45, 7) is 7.94. The molecule has 1 atom stereocenters. The maximum atomic E-state index is 11.9. The molecular formula is C13H26N2O3. The van der Waals surface area contributed by atoms with Gasteiger partial charge >= 0.3 is 12.0 Å². The molecule has 0 saturated carbocycles. The number of aliphatic carboxylic acids is 1. The molecule has 2 amide bonds. The van der Waals surface area contributed by atoms with Gasteiger partial charge in [0.05, 0.1) is 0 Å². The molecule has 106 valence electrons. The van der Waals surface area contributed by atoms with E-state index in [9.17, 15) is 9.59 Å². The average Bonchev–Trinajstić information content (AvgIpc) is 2.33. The van der Waals surface area contributed by atoms with E-state index in [1.54, 1.807) is 4.90 Å². The monoisotopic (exact) mass is 258 g/mol. The second kappa shape index (κ2) is 9.74. The fourth-order valence-corrected chi connectivity index (χ4v) is 1.81. The zero-order chi connectivity index (χ0) is 14.0. The molecule has 0 bridgehead atoms. The van der Waals surface area contributed by atoms with Crippen LogP contribution in [-0.2, 0) is 4.79 Å². The average molecular weight is 258 g/mol. The minimum atomic E-state index is -0.810. The second-order valence-electron chi connectivity index (χ2n) is 4.55. The zero-order valence-corrected chi connectivity index (χ0v) is 11.7. The Labute approximate surface area is 110 Å². The lowest BCUT2D eigenvalue weighted by molar-refractivity contribution is -0.138. The van der Waals surface area contributed by atoms with Crippen LogP contribution in [0.15, 0.2) is 0 Å².